The minimum atomic E-state index is 0.0661. The molecule has 1 aromatic heterocycles. The number of rotatable bonds is 3. The Hall–Kier alpha value is -1.48. The Labute approximate surface area is 107 Å². The first-order valence-corrected chi connectivity index (χ1v) is 6.76. The molecule has 1 aliphatic carbocycles. The van der Waals surface area contributed by atoms with Gasteiger partial charge in [0.15, 0.2) is 0 Å². The summed E-state index contributed by atoms with van der Waals surface area (Å²) in [6.45, 7) is 2.18. The zero-order valence-corrected chi connectivity index (χ0v) is 10.8. The normalized spacial score (nSPS) is 16.6. The third-order valence-electron chi connectivity index (χ3n) is 3.81. The Kier molecular flexibility index (Phi) is 3.00. The number of anilines is 1. The molecule has 0 spiro atoms. The summed E-state index contributed by atoms with van der Waals surface area (Å²) in [5.74, 6) is 0. The summed E-state index contributed by atoms with van der Waals surface area (Å²) in [6, 6.07) is 6.99. The molecular weight excluding hydrogens is 224 g/mol. The van der Waals surface area contributed by atoms with Crippen LogP contribution >= 0.6 is 0 Å². The maximum Gasteiger partial charge on any atom is 0.0831 e. The third kappa shape index (κ3) is 2.10. The highest BCUT2D eigenvalue weighted by Gasteiger charge is 2.16. The lowest BCUT2D eigenvalue weighted by molar-refractivity contribution is 0.278. The van der Waals surface area contributed by atoms with E-state index in [0.29, 0.717) is 6.04 Å². The Morgan fingerprint density at radius 1 is 1.28 bits per heavy atom. The molecule has 0 bridgehead atoms. The molecule has 0 aliphatic heterocycles. The van der Waals surface area contributed by atoms with Gasteiger partial charge in [-0.25, -0.2) is 0 Å². The highest BCUT2D eigenvalue weighted by atomic mass is 16.3. The molecule has 3 rings (SSSR count). The van der Waals surface area contributed by atoms with E-state index in [-0.39, 0.29) is 6.61 Å². The largest absolute Gasteiger partial charge is 0.390 e. The summed E-state index contributed by atoms with van der Waals surface area (Å²) in [6.07, 6.45) is 5.20. The molecule has 3 N–H and O–H groups in total. The van der Waals surface area contributed by atoms with Gasteiger partial charge in [-0.15, -0.1) is 0 Å². The van der Waals surface area contributed by atoms with Crippen molar-refractivity contribution in [2.24, 2.45) is 0 Å². The second-order valence-electron chi connectivity index (χ2n) is 5.36. The lowest BCUT2D eigenvalue weighted by Crippen LogP contribution is -2.14. The molecule has 3 heteroatoms. The Balaban J connectivity index is 2.00. The standard InChI is InChI=1S/C15H20N2O/c1-10-6-11-8-13(9-18)17-15(11)14(7-10)16-12-4-2-3-5-12/h6-8,12,16-18H,2-5,9H2,1H3. The van der Waals surface area contributed by atoms with E-state index >= 15 is 0 Å². The van der Waals surface area contributed by atoms with Crippen LogP contribution in [0.15, 0.2) is 18.2 Å². The fraction of sp³-hybridized carbons (Fsp3) is 0.467. The van der Waals surface area contributed by atoms with E-state index in [0.717, 1.165) is 11.2 Å². The monoisotopic (exact) mass is 244 g/mol. The van der Waals surface area contributed by atoms with E-state index in [1.165, 1.54) is 42.3 Å². The van der Waals surface area contributed by atoms with E-state index in [9.17, 15) is 5.11 Å². The van der Waals surface area contributed by atoms with Crippen LogP contribution in [0.25, 0.3) is 10.9 Å². The Bertz CT molecular complexity index is 553. The van der Waals surface area contributed by atoms with Crippen LogP contribution in [0.4, 0.5) is 5.69 Å². The van der Waals surface area contributed by atoms with E-state index in [1.54, 1.807) is 0 Å². The molecule has 18 heavy (non-hydrogen) atoms. The van der Waals surface area contributed by atoms with Crippen molar-refractivity contribution in [2.75, 3.05) is 5.32 Å². The fourth-order valence-corrected chi connectivity index (χ4v) is 2.94. The SMILES string of the molecule is Cc1cc(NC2CCCC2)c2[nH]c(CO)cc2c1. The van der Waals surface area contributed by atoms with Crippen molar-refractivity contribution in [3.63, 3.8) is 0 Å². The number of nitrogens with one attached hydrogen (secondary N) is 2. The number of aliphatic hydroxyl groups excluding tert-OH is 1. The zero-order valence-electron chi connectivity index (χ0n) is 10.8. The summed E-state index contributed by atoms with van der Waals surface area (Å²) < 4.78 is 0. The lowest BCUT2D eigenvalue weighted by atomic mass is 10.1. The summed E-state index contributed by atoms with van der Waals surface area (Å²) in [7, 11) is 0. The van der Waals surface area contributed by atoms with Gasteiger partial charge in [-0.3, -0.25) is 0 Å². The molecule has 0 atom stereocenters. The summed E-state index contributed by atoms with van der Waals surface area (Å²) >= 11 is 0. The van der Waals surface area contributed by atoms with Gasteiger partial charge in [0.05, 0.1) is 17.8 Å². The van der Waals surface area contributed by atoms with Crippen molar-refractivity contribution >= 4 is 16.6 Å². The quantitative estimate of drug-likeness (QED) is 0.775. The smallest absolute Gasteiger partial charge is 0.0831 e. The van der Waals surface area contributed by atoms with Gasteiger partial charge in [0.2, 0.25) is 0 Å². The van der Waals surface area contributed by atoms with E-state index in [2.05, 4.69) is 29.4 Å². The van der Waals surface area contributed by atoms with Gasteiger partial charge in [-0.05, 0) is 43.5 Å². The van der Waals surface area contributed by atoms with E-state index in [4.69, 9.17) is 0 Å². The molecule has 1 saturated carbocycles. The maximum absolute atomic E-state index is 9.23. The lowest BCUT2D eigenvalue weighted by Gasteiger charge is -2.15. The average Bonchev–Trinajstić information content (AvgIpc) is 2.97. The molecule has 96 valence electrons. The van der Waals surface area contributed by atoms with E-state index in [1.807, 2.05) is 6.07 Å². The number of aryl methyl sites for hydroxylation is 1. The van der Waals surface area contributed by atoms with Gasteiger partial charge in [-0.1, -0.05) is 12.8 Å². The fourth-order valence-electron chi connectivity index (χ4n) is 2.94. The van der Waals surface area contributed by atoms with Gasteiger partial charge < -0.3 is 15.4 Å². The molecule has 0 saturated heterocycles. The molecule has 1 fully saturated rings. The van der Waals surface area contributed by atoms with Crippen molar-refractivity contribution in [1.29, 1.82) is 0 Å². The molecule has 0 amide bonds. The second-order valence-corrected chi connectivity index (χ2v) is 5.36. The van der Waals surface area contributed by atoms with Crippen molar-refractivity contribution in [3.8, 4) is 0 Å². The molecule has 1 heterocycles. The molecule has 2 aromatic rings. The number of fused-ring (bicyclic) bond motifs is 1. The molecule has 1 aromatic carbocycles. The van der Waals surface area contributed by atoms with Crippen LogP contribution in [0.5, 0.6) is 0 Å². The van der Waals surface area contributed by atoms with E-state index < -0.39 is 0 Å². The van der Waals surface area contributed by atoms with Gasteiger partial charge in [-0.2, -0.15) is 0 Å². The van der Waals surface area contributed by atoms with Gasteiger partial charge in [0, 0.05) is 17.1 Å². The number of hydrogen-bond donors (Lipinski definition) is 3. The first-order chi connectivity index (χ1) is 8.76. The van der Waals surface area contributed by atoms with Crippen molar-refractivity contribution in [2.45, 2.75) is 45.3 Å². The molecule has 1 aliphatic rings. The zero-order chi connectivity index (χ0) is 12.5. The molecular formula is C15H20N2O. The minimum Gasteiger partial charge on any atom is -0.390 e. The summed E-state index contributed by atoms with van der Waals surface area (Å²) in [4.78, 5) is 3.30. The van der Waals surface area contributed by atoms with Crippen LogP contribution in [0, 0.1) is 6.92 Å². The third-order valence-corrected chi connectivity index (χ3v) is 3.81. The van der Waals surface area contributed by atoms with Crippen LogP contribution in [0.3, 0.4) is 0 Å². The number of aromatic nitrogens is 1. The first-order valence-electron chi connectivity index (χ1n) is 6.76. The number of aromatic amines is 1. The Morgan fingerprint density at radius 2 is 2.06 bits per heavy atom. The second kappa shape index (κ2) is 4.65. The highest BCUT2D eigenvalue weighted by molar-refractivity contribution is 5.92. The van der Waals surface area contributed by atoms with Gasteiger partial charge in [0.1, 0.15) is 0 Å². The number of hydrogen-bond acceptors (Lipinski definition) is 2. The highest BCUT2D eigenvalue weighted by Crippen LogP contribution is 2.29. The summed E-state index contributed by atoms with van der Waals surface area (Å²) in [5.41, 5.74) is 4.43. The first kappa shape index (κ1) is 11.6. The molecule has 0 radical (unpaired) electrons. The van der Waals surface area contributed by atoms with Crippen LogP contribution in [0.1, 0.15) is 36.9 Å². The summed E-state index contributed by atoms with van der Waals surface area (Å²) in [5, 5.41) is 14.1. The van der Waals surface area contributed by atoms with Gasteiger partial charge in [0.25, 0.3) is 0 Å². The molecule has 0 unspecified atom stereocenters. The number of aliphatic hydroxyl groups is 1. The Morgan fingerprint density at radius 3 is 2.78 bits per heavy atom. The van der Waals surface area contributed by atoms with Crippen LogP contribution in [-0.2, 0) is 6.61 Å². The number of benzene rings is 1. The van der Waals surface area contributed by atoms with Crippen molar-refractivity contribution in [3.05, 3.63) is 29.5 Å². The van der Waals surface area contributed by atoms with Crippen molar-refractivity contribution < 1.29 is 5.11 Å². The number of H-pyrrole nitrogens is 1. The maximum atomic E-state index is 9.23. The topological polar surface area (TPSA) is 48.0 Å². The van der Waals surface area contributed by atoms with Crippen LogP contribution < -0.4 is 5.32 Å². The predicted octanol–water partition coefficient (Wildman–Crippen LogP) is 3.32. The average molecular weight is 244 g/mol. The van der Waals surface area contributed by atoms with Crippen LogP contribution in [-0.4, -0.2) is 16.1 Å². The molecule has 3 nitrogen and oxygen atoms in total. The minimum absolute atomic E-state index is 0.0661. The van der Waals surface area contributed by atoms with Gasteiger partial charge >= 0.3 is 0 Å². The predicted molar refractivity (Wildman–Crippen MR) is 74.8 cm³/mol. The van der Waals surface area contributed by atoms with Crippen molar-refractivity contribution in [1.82, 2.24) is 4.98 Å². The van der Waals surface area contributed by atoms with Crippen LogP contribution in [0.2, 0.25) is 0 Å².